The number of ketones is 3. The smallest absolute Gasteiger partial charge is 0.457 e. The van der Waals surface area contributed by atoms with Crippen molar-refractivity contribution in [2.45, 2.75) is 552 Å². The zero-order valence-corrected chi connectivity index (χ0v) is 77.3. The number of nitrogens with one attached hydrogen (secondary N) is 2. The third kappa shape index (κ3) is 59.2. The highest BCUT2D eigenvalue weighted by molar-refractivity contribution is 7.46. The SMILES string of the molecule is CCCCCCCCCCCCCCCC(=O)C[C@H](CCCCCCCCCCC)CC(=O)N[C@H]1C(O)O[C@H](CO[C@@H]2O[C@H](CO)[C@@H](OP(=O)(O)O)[C@@H](OC(=O)C[C@H](CCCCCCCCCCC)CC(=O)CCCCCCCCCCCC)[C@H]2NC(=O)C[C@H](CCCCCCCCCCC)CC(=O)CCCCCCCCCC)[C@@H](O)[C@H]1O. The first-order valence-corrected chi connectivity index (χ1v) is 51.4. The lowest BCUT2D eigenvalue weighted by Crippen LogP contribution is -2.67. The molecule has 2 saturated heterocycles. The zero-order chi connectivity index (χ0) is 86.3. The number of rotatable bonds is 85. The maximum Gasteiger partial charge on any atom is 0.470 e. The molecule has 20 nitrogen and oxygen atoms in total. The standard InChI is InChI=1S/C97H183N2O18P/c1-7-13-19-25-31-37-39-40-41-46-52-57-63-69-82(101)71-79(65-59-53-47-42-33-27-21-15-9-3)74-87(104)98-90-93(108)92(107)86(114-96(90)109)78-113-97-91(99-88(105)75-80(66-60-54-48-43-34-28-22-16-10-4)72-83(102)68-62-56-50-36-30-24-18-12-6)95(94(85(77-100)115-97)117-118(110,111)112)116-89(106)76-81(67-61-55-49-44-35-29-23-17-11-5)73-84(103)70-64-58-51-45-38-32-26-20-14-8-2/h79-81,85-86,90-97,100,107-109H,7-78H2,1-6H3,(H,98,104)(H,99,105)(H2,110,111,112)/t79-,80+,81+,85+,86+,90+,91+,92+,93-,94+,95-,96?,97+/m0/s1. The summed E-state index contributed by atoms with van der Waals surface area (Å²) in [6.07, 6.45) is 53.2. The number of aliphatic hydroxyl groups excluding tert-OH is 4. The van der Waals surface area contributed by atoms with Crippen molar-refractivity contribution in [3.05, 3.63) is 0 Å². The number of aliphatic hydroxyl groups is 4. The van der Waals surface area contributed by atoms with Crippen LogP contribution in [0.15, 0.2) is 0 Å². The average Bonchev–Trinajstić information content (AvgIpc) is 0.778. The van der Waals surface area contributed by atoms with E-state index in [1.165, 1.54) is 199 Å². The molecule has 0 aliphatic carbocycles. The fraction of sp³-hybridized carbons (Fsp3) is 0.938. The van der Waals surface area contributed by atoms with E-state index in [0.29, 0.717) is 38.5 Å². The van der Waals surface area contributed by atoms with Crippen LogP contribution in [-0.2, 0) is 56.8 Å². The van der Waals surface area contributed by atoms with Gasteiger partial charge in [0, 0.05) is 57.8 Å². The van der Waals surface area contributed by atoms with Crippen LogP contribution >= 0.6 is 7.82 Å². The Kier molecular flexibility index (Phi) is 71.3. The Bertz CT molecular complexity index is 2470. The third-order valence-corrected chi connectivity index (χ3v) is 25.4. The largest absolute Gasteiger partial charge is 0.470 e. The first-order valence-electron chi connectivity index (χ1n) is 49.9. The topological polar surface area (TPSA) is 311 Å². The summed E-state index contributed by atoms with van der Waals surface area (Å²) >= 11 is 0. The highest BCUT2D eigenvalue weighted by Crippen LogP contribution is 2.43. The number of unbranched alkanes of at least 4 members (excludes halogenated alkanes) is 52. The molecule has 0 aromatic rings. The van der Waals surface area contributed by atoms with Crippen LogP contribution in [0.3, 0.4) is 0 Å². The first-order chi connectivity index (χ1) is 57.2. The van der Waals surface area contributed by atoms with Crippen molar-refractivity contribution in [2.75, 3.05) is 13.2 Å². The Balaban J connectivity index is 2.56. The van der Waals surface area contributed by atoms with Crippen LogP contribution in [0.5, 0.6) is 0 Å². The van der Waals surface area contributed by atoms with E-state index >= 15 is 4.79 Å². The van der Waals surface area contributed by atoms with Crippen molar-refractivity contribution in [3.63, 3.8) is 0 Å². The molecule has 21 heteroatoms. The molecule has 2 aliphatic rings. The molecular formula is C97H183N2O18P. The van der Waals surface area contributed by atoms with Crippen LogP contribution in [0.25, 0.3) is 0 Å². The molecule has 118 heavy (non-hydrogen) atoms. The van der Waals surface area contributed by atoms with Crippen molar-refractivity contribution in [3.8, 4) is 0 Å². The van der Waals surface area contributed by atoms with E-state index < -0.39 is 112 Å². The number of carbonyl (C=O) groups excluding carboxylic acids is 6. The second-order valence-electron chi connectivity index (χ2n) is 36.2. The zero-order valence-electron chi connectivity index (χ0n) is 76.4. The number of amides is 2. The minimum absolute atomic E-state index is 0.0250. The lowest BCUT2D eigenvalue weighted by atomic mass is 9.89. The number of carbonyl (C=O) groups is 6. The molecule has 0 bridgehead atoms. The van der Waals surface area contributed by atoms with E-state index in [9.17, 15) is 58.8 Å². The van der Waals surface area contributed by atoms with Gasteiger partial charge in [0.15, 0.2) is 18.7 Å². The van der Waals surface area contributed by atoms with Gasteiger partial charge in [0.1, 0.15) is 60.0 Å². The quantitative estimate of drug-likeness (QED) is 0.0159. The van der Waals surface area contributed by atoms with E-state index in [2.05, 4.69) is 52.2 Å². The Morgan fingerprint density at radius 3 is 0.915 bits per heavy atom. The summed E-state index contributed by atoms with van der Waals surface area (Å²) in [5.74, 6) is -3.03. The molecule has 0 spiro atoms. The van der Waals surface area contributed by atoms with Crippen molar-refractivity contribution in [1.29, 1.82) is 0 Å². The predicted molar refractivity (Wildman–Crippen MR) is 478 cm³/mol. The first kappa shape index (κ1) is 111. The van der Waals surface area contributed by atoms with Gasteiger partial charge in [-0.05, 0) is 56.3 Å². The van der Waals surface area contributed by atoms with Gasteiger partial charge in [0.25, 0.3) is 0 Å². The second-order valence-corrected chi connectivity index (χ2v) is 37.4. The van der Waals surface area contributed by atoms with Crippen molar-refractivity contribution >= 4 is 43.0 Å². The van der Waals surface area contributed by atoms with E-state index in [4.69, 9.17) is 23.5 Å². The van der Waals surface area contributed by atoms with E-state index in [1.807, 2.05) is 0 Å². The summed E-state index contributed by atoms with van der Waals surface area (Å²) in [6, 6.07) is -3.19. The molecule has 8 N–H and O–H groups in total. The summed E-state index contributed by atoms with van der Waals surface area (Å²) in [6.45, 7) is 11.6. The van der Waals surface area contributed by atoms with Gasteiger partial charge in [0.2, 0.25) is 11.8 Å². The third-order valence-electron chi connectivity index (χ3n) is 24.9. The molecule has 2 fully saturated rings. The monoisotopic (exact) mass is 1700 g/mol. The number of hydrogen-bond acceptors (Lipinski definition) is 16. The lowest BCUT2D eigenvalue weighted by molar-refractivity contribution is -0.297. The highest BCUT2D eigenvalue weighted by Gasteiger charge is 2.53. The number of phosphoric ester groups is 1. The van der Waals surface area contributed by atoms with Crippen LogP contribution in [-0.4, -0.2) is 140 Å². The highest BCUT2D eigenvalue weighted by atomic mass is 31.2. The molecular weight excluding hydrogens is 1510 g/mol. The van der Waals surface area contributed by atoms with Crippen LogP contribution in [0.2, 0.25) is 0 Å². The molecule has 0 radical (unpaired) electrons. The van der Waals surface area contributed by atoms with E-state index in [0.717, 1.165) is 173 Å². The van der Waals surface area contributed by atoms with Crippen molar-refractivity contribution in [2.24, 2.45) is 17.8 Å². The van der Waals surface area contributed by atoms with Gasteiger partial charge in [-0.1, -0.05) is 395 Å². The summed E-state index contributed by atoms with van der Waals surface area (Å²) in [5.41, 5.74) is 0. The van der Waals surface area contributed by atoms with Gasteiger partial charge in [-0.25, -0.2) is 4.57 Å². The maximum atomic E-state index is 15.1. The molecule has 0 aromatic carbocycles. The van der Waals surface area contributed by atoms with E-state index in [1.54, 1.807) is 0 Å². The molecule has 0 aromatic heterocycles. The van der Waals surface area contributed by atoms with Gasteiger partial charge < -0.3 is 59.8 Å². The van der Waals surface area contributed by atoms with Crippen molar-refractivity contribution in [1.82, 2.24) is 10.6 Å². The lowest BCUT2D eigenvalue weighted by Gasteiger charge is -2.46. The Morgan fingerprint density at radius 1 is 0.339 bits per heavy atom. The van der Waals surface area contributed by atoms with Gasteiger partial charge in [-0.15, -0.1) is 0 Å². The van der Waals surface area contributed by atoms with Crippen LogP contribution in [0.4, 0.5) is 0 Å². The van der Waals surface area contributed by atoms with Crippen molar-refractivity contribution < 1.29 is 87.0 Å². The van der Waals surface area contributed by atoms with Crippen LogP contribution in [0.1, 0.15) is 491 Å². The molecule has 13 atom stereocenters. The number of hydrogen-bond donors (Lipinski definition) is 8. The normalized spacial score (nSPS) is 20.4. The van der Waals surface area contributed by atoms with Gasteiger partial charge in [0.05, 0.1) is 13.2 Å². The Morgan fingerprint density at radius 2 is 0.619 bits per heavy atom. The number of phosphoric acid groups is 1. The average molecular weight is 1700 g/mol. The number of Topliss-reactive ketones (excluding diaryl/α,β-unsaturated/α-hetero) is 3. The summed E-state index contributed by atoms with van der Waals surface area (Å²) < 4.78 is 43.6. The molecule has 2 aliphatic heterocycles. The minimum Gasteiger partial charge on any atom is -0.457 e. The number of esters is 1. The maximum absolute atomic E-state index is 15.1. The molecule has 2 rings (SSSR count). The number of ether oxygens (including phenoxy) is 4. The predicted octanol–water partition coefficient (Wildman–Crippen LogP) is 23.5. The minimum atomic E-state index is -5.53. The van der Waals surface area contributed by atoms with Gasteiger partial charge in [-0.2, -0.15) is 0 Å². The molecule has 1 unspecified atom stereocenters. The fourth-order valence-electron chi connectivity index (χ4n) is 17.6. The second kappa shape index (κ2) is 75.6. The summed E-state index contributed by atoms with van der Waals surface area (Å²) in [5, 5.41) is 52.2. The summed E-state index contributed by atoms with van der Waals surface area (Å²) in [7, 11) is -5.53. The molecule has 2 heterocycles. The molecule has 2 amide bonds. The van der Waals surface area contributed by atoms with Gasteiger partial charge in [-0.3, -0.25) is 33.3 Å². The van der Waals surface area contributed by atoms with E-state index in [-0.39, 0.29) is 61.8 Å². The Hall–Kier alpha value is -2.75. The van der Waals surface area contributed by atoms with Crippen LogP contribution < -0.4 is 10.6 Å². The fourth-order valence-corrected chi connectivity index (χ4v) is 18.2. The van der Waals surface area contributed by atoms with Gasteiger partial charge >= 0.3 is 13.8 Å². The summed E-state index contributed by atoms with van der Waals surface area (Å²) in [4.78, 5) is 107. The molecule has 0 saturated carbocycles. The molecule has 694 valence electrons. The van der Waals surface area contributed by atoms with Crippen LogP contribution in [0, 0.1) is 17.8 Å². The Labute approximate surface area is 720 Å².